The molecule has 2 amide bonds. The molecule has 28 heteroatoms. The van der Waals surface area contributed by atoms with Gasteiger partial charge in [-0.05, 0) is 38.5 Å². The zero-order valence-electron chi connectivity index (χ0n) is 39.1. The lowest BCUT2D eigenvalue weighted by Gasteiger charge is -2.36. The molecule has 24 nitrogen and oxygen atoms in total. The fraction of sp³-hybridized carbons (Fsp3) is 0.707. The van der Waals surface area contributed by atoms with Crippen molar-refractivity contribution in [2.45, 2.75) is 148 Å². The van der Waals surface area contributed by atoms with Gasteiger partial charge >= 0.3 is 0 Å². The van der Waals surface area contributed by atoms with Crippen LogP contribution in [0.3, 0.4) is 0 Å². The summed E-state index contributed by atoms with van der Waals surface area (Å²) in [5.41, 5.74) is 4.09. The minimum atomic E-state index is -5.92. The normalized spacial score (nSPS) is 20.1. The number of anilines is 1. The number of rotatable bonds is 35. The second kappa shape index (κ2) is 30.2. The zero-order chi connectivity index (χ0) is 51.1. The van der Waals surface area contributed by atoms with Crippen LogP contribution >= 0.6 is 35.2 Å². The number of hydrogen-bond donors (Lipinski definition) is 5. The number of phosphoric acid groups is 3. The minimum Gasteiger partial charge on any atom is -0.790 e. The van der Waals surface area contributed by atoms with Crippen LogP contribution in [0.5, 0.6) is 0 Å². The van der Waals surface area contributed by atoms with Crippen LogP contribution in [-0.4, -0.2) is 103 Å². The van der Waals surface area contributed by atoms with Gasteiger partial charge in [0.2, 0.25) is 11.8 Å². The third-order valence-electron chi connectivity index (χ3n) is 10.6. The fourth-order valence-electron chi connectivity index (χ4n) is 6.78. The molecule has 2 unspecified atom stereocenters. The van der Waals surface area contributed by atoms with Crippen molar-refractivity contribution in [2.24, 2.45) is 5.41 Å². The maximum absolute atomic E-state index is 12.6. The quantitative estimate of drug-likeness (QED) is 0.0376. The van der Waals surface area contributed by atoms with Crippen LogP contribution < -0.4 is 35.9 Å². The Morgan fingerprint density at radius 2 is 1.54 bits per heavy atom. The first-order valence-electron chi connectivity index (χ1n) is 22.8. The molecule has 0 saturated carbocycles. The Kier molecular flexibility index (Phi) is 26.4. The van der Waals surface area contributed by atoms with E-state index >= 15 is 0 Å². The van der Waals surface area contributed by atoms with E-state index in [-0.39, 0.29) is 41.6 Å². The monoisotopic (exact) mass is 1050 g/mol. The highest BCUT2D eigenvalue weighted by Gasteiger charge is 2.47. The molecular formula is C41H66N7O17P3S-4. The number of unbranched alkanes of at least 4 members (excludes halogenated alkanes) is 10. The largest absolute Gasteiger partial charge is 0.790 e. The van der Waals surface area contributed by atoms with E-state index in [0.717, 1.165) is 67.5 Å². The molecule has 0 radical (unpaired) electrons. The van der Waals surface area contributed by atoms with Gasteiger partial charge in [-0.25, -0.2) is 19.3 Å². The number of carbonyl (C=O) groups is 3. The van der Waals surface area contributed by atoms with Crippen molar-refractivity contribution >= 4 is 69.1 Å². The molecule has 0 spiro atoms. The lowest BCUT2D eigenvalue weighted by atomic mass is 9.87. The number of hydrogen-bond acceptors (Lipinski definition) is 22. The van der Waals surface area contributed by atoms with E-state index in [1.54, 1.807) is 0 Å². The number of allylic oxidation sites excluding steroid dienone is 4. The van der Waals surface area contributed by atoms with Gasteiger partial charge < -0.3 is 69.0 Å². The molecule has 7 atom stereocenters. The standard InChI is InChI=1S/C41H70N7O17P3S/c1-4-5-6-7-8-9-10-11-12-13-14-15-16-17-18-19-20-21-32(50)69-25-24-43-31(49)22-23-44-39(53)36(52)41(2,3)27-62-68(59,60)65-67(57,58)61-26-30-35(64-66(54,55)56)34(51)40(63-30)48-29-47-33-37(42)45-28-46-38(33)48/h8-9,11-12,28-30,34-36,40,51-52H,4-7,10,13-27H2,1-3H3,(H,43,49)(H,44,53)(H,57,58)(H,59,60)(H2,42,45,46)(H2,54,55,56)/p-4/b9-8-,12-11-/t30-,34-,35-,36+,40-/m1/s1. The molecule has 0 bridgehead atoms. The average molecular weight is 1050 g/mol. The van der Waals surface area contributed by atoms with Crippen molar-refractivity contribution in [3.63, 3.8) is 0 Å². The number of nitrogens with two attached hydrogens (primary N) is 1. The maximum Gasteiger partial charge on any atom is 0.274 e. The van der Waals surface area contributed by atoms with E-state index in [0.29, 0.717) is 12.2 Å². The van der Waals surface area contributed by atoms with E-state index in [2.05, 4.69) is 74.7 Å². The number of ether oxygens (including phenoxy) is 1. The predicted molar refractivity (Wildman–Crippen MR) is 247 cm³/mol. The number of amides is 2. The number of aliphatic hydroxyl groups is 2. The highest BCUT2D eigenvalue weighted by molar-refractivity contribution is 8.13. The molecule has 1 aliphatic rings. The van der Waals surface area contributed by atoms with Crippen LogP contribution in [0.1, 0.15) is 123 Å². The van der Waals surface area contributed by atoms with Gasteiger partial charge in [0.05, 0.1) is 27.4 Å². The number of nitrogens with zero attached hydrogens (tertiary/aromatic N) is 4. The Bertz CT molecular complexity index is 2130. The van der Waals surface area contributed by atoms with Crippen molar-refractivity contribution in [1.29, 1.82) is 0 Å². The molecule has 1 fully saturated rings. The molecule has 3 heterocycles. The minimum absolute atomic E-state index is 0.0192. The summed E-state index contributed by atoms with van der Waals surface area (Å²) >= 11 is 1.14. The van der Waals surface area contributed by atoms with Crippen LogP contribution in [0, 0.1) is 5.41 Å². The first kappa shape index (κ1) is 60.3. The van der Waals surface area contributed by atoms with E-state index in [9.17, 15) is 57.9 Å². The summed E-state index contributed by atoms with van der Waals surface area (Å²) in [5.74, 6) is -1.14. The molecule has 69 heavy (non-hydrogen) atoms. The number of imidazole rings is 1. The number of phosphoric ester groups is 3. The Morgan fingerprint density at radius 1 is 0.899 bits per heavy atom. The van der Waals surface area contributed by atoms with Gasteiger partial charge in [-0.1, -0.05) is 102 Å². The highest BCUT2D eigenvalue weighted by atomic mass is 32.2. The molecule has 1 saturated heterocycles. The number of aromatic nitrogens is 4. The summed E-state index contributed by atoms with van der Waals surface area (Å²) in [4.78, 5) is 96.9. The fourth-order valence-corrected chi connectivity index (χ4v) is 10.2. The van der Waals surface area contributed by atoms with Crippen molar-refractivity contribution in [3.05, 3.63) is 37.0 Å². The van der Waals surface area contributed by atoms with E-state index in [1.165, 1.54) is 58.8 Å². The SMILES string of the molecule is CCCCC/C=C\C/C=C\CCCCCCCCCC(=O)SCCNC(=O)CCNC(=O)[C@H](O)C(C)(C)COP(=O)([O-])OP(=O)([O-])OC[C@H]1O[C@@H](n2cnc3c(N)ncnc32)[C@H](O)[C@@H]1OP(=O)([O-])[O-]. The first-order chi connectivity index (χ1) is 32.6. The van der Waals surface area contributed by atoms with Crippen LogP contribution in [0.4, 0.5) is 5.82 Å². The summed E-state index contributed by atoms with van der Waals surface area (Å²) in [6.45, 7) is 2.37. The van der Waals surface area contributed by atoms with Crippen LogP contribution in [-0.2, 0) is 50.7 Å². The zero-order valence-corrected chi connectivity index (χ0v) is 42.6. The summed E-state index contributed by atoms with van der Waals surface area (Å²) in [5, 5.41) is 26.5. The number of fused-ring (bicyclic) bond motifs is 1. The number of carbonyl (C=O) groups excluding carboxylic acids is 3. The molecule has 0 aliphatic carbocycles. The predicted octanol–water partition coefficient (Wildman–Crippen LogP) is 2.73. The Hall–Kier alpha value is -2.96. The number of aliphatic hydroxyl groups excluding tert-OH is 2. The first-order valence-corrected chi connectivity index (χ1v) is 28.2. The van der Waals surface area contributed by atoms with Crippen LogP contribution in [0.15, 0.2) is 37.0 Å². The van der Waals surface area contributed by atoms with Crippen molar-refractivity contribution in [3.8, 4) is 0 Å². The summed E-state index contributed by atoms with van der Waals surface area (Å²) in [7, 11) is -17.6. The highest BCUT2D eigenvalue weighted by Crippen LogP contribution is 2.56. The molecule has 6 N–H and O–H groups in total. The van der Waals surface area contributed by atoms with Crippen LogP contribution in [0.25, 0.3) is 11.2 Å². The van der Waals surface area contributed by atoms with Gasteiger partial charge in [-0.3, -0.25) is 28.1 Å². The number of thioether (sulfide) groups is 1. The van der Waals surface area contributed by atoms with Gasteiger partial charge in [-0.15, -0.1) is 0 Å². The molecule has 3 rings (SSSR count). The van der Waals surface area contributed by atoms with Crippen molar-refractivity contribution in [2.75, 3.05) is 37.8 Å². The van der Waals surface area contributed by atoms with Gasteiger partial charge in [0, 0.05) is 37.1 Å². The van der Waals surface area contributed by atoms with Crippen molar-refractivity contribution in [1.82, 2.24) is 30.2 Å². The van der Waals surface area contributed by atoms with Gasteiger partial charge in [-0.2, -0.15) is 0 Å². The Labute approximate surface area is 406 Å². The lowest BCUT2D eigenvalue weighted by molar-refractivity contribution is -0.347. The Balaban J connectivity index is 1.28. The number of nitrogen functional groups attached to an aromatic ring is 1. The van der Waals surface area contributed by atoms with Crippen LogP contribution in [0.2, 0.25) is 0 Å². The summed E-state index contributed by atoms with van der Waals surface area (Å²) < 4.78 is 60.8. The van der Waals surface area contributed by atoms with E-state index < -0.39 is 84.6 Å². The third kappa shape index (κ3) is 23.0. The molecule has 0 aromatic carbocycles. The van der Waals surface area contributed by atoms with E-state index in [4.69, 9.17) is 10.5 Å². The van der Waals surface area contributed by atoms with Gasteiger partial charge in [0.15, 0.2) is 22.8 Å². The molecule has 2 aromatic heterocycles. The van der Waals surface area contributed by atoms with E-state index in [1.807, 2.05) is 0 Å². The molecule has 392 valence electrons. The second-order valence-corrected chi connectivity index (χ2v) is 22.1. The molecule has 2 aromatic rings. The topological polar surface area (TPSA) is 375 Å². The molecular weight excluding hydrogens is 987 g/mol. The Morgan fingerprint density at radius 3 is 2.20 bits per heavy atom. The lowest BCUT2D eigenvalue weighted by Crippen LogP contribution is -2.46. The smallest absolute Gasteiger partial charge is 0.274 e. The molecule has 1 aliphatic heterocycles. The van der Waals surface area contributed by atoms with Gasteiger partial charge in [0.1, 0.15) is 36.3 Å². The van der Waals surface area contributed by atoms with Crippen molar-refractivity contribution < 1.29 is 80.5 Å². The average Bonchev–Trinajstić information content (AvgIpc) is 3.84. The van der Waals surface area contributed by atoms with Gasteiger partial charge in [0.25, 0.3) is 15.6 Å². The summed E-state index contributed by atoms with van der Waals surface area (Å²) in [6.07, 6.45) is 16.6. The second-order valence-electron chi connectivity index (χ2n) is 16.9. The maximum atomic E-state index is 12.6. The third-order valence-corrected chi connectivity index (χ3v) is 14.5. The summed E-state index contributed by atoms with van der Waals surface area (Å²) in [6, 6.07) is 0. The number of nitrogens with one attached hydrogen (secondary N) is 2.